The zero-order valence-electron chi connectivity index (χ0n) is 19.6. The largest absolute Gasteiger partial charge is 0.349 e. The van der Waals surface area contributed by atoms with E-state index >= 15 is 0 Å². The number of amides is 1. The van der Waals surface area contributed by atoms with Crippen molar-refractivity contribution >= 4 is 5.91 Å². The number of nitrogens with one attached hydrogen (secondary N) is 1. The van der Waals surface area contributed by atoms with Crippen molar-refractivity contribution in [2.75, 3.05) is 19.6 Å². The molecular formula is C26H39N5O. The van der Waals surface area contributed by atoms with Gasteiger partial charge in [0.1, 0.15) is 0 Å². The monoisotopic (exact) mass is 437 g/mol. The SMILES string of the molecule is CCCCCC1CCCN(CC2CCCCC2NC(=O)c2ccc(-n3cccn3)nc2)C1. The Labute approximate surface area is 192 Å². The molecule has 4 rings (SSSR count). The fraction of sp³-hybridized carbons (Fsp3) is 0.654. The lowest BCUT2D eigenvalue weighted by molar-refractivity contribution is 0.0852. The average Bonchev–Trinajstić information content (AvgIpc) is 3.36. The minimum atomic E-state index is -0.00231. The lowest BCUT2D eigenvalue weighted by Gasteiger charge is -2.39. The predicted molar refractivity (Wildman–Crippen MR) is 128 cm³/mol. The van der Waals surface area contributed by atoms with Gasteiger partial charge in [-0.25, -0.2) is 9.67 Å². The molecule has 3 atom stereocenters. The molecule has 6 nitrogen and oxygen atoms in total. The Morgan fingerprint density at radius 1 is 1.16 bits per heavy atom. The van der Waals surface area contributed by atoms with Gasteiger partial charge in [0.25, 0.3) is 5.91 Å². The van der Waals surface area contributed by atoms with Gasteiger partial charge in [0, 0.05) is 37.7 Å². The smallest absolute Gasteiger partial charge is 0.253 e. The van der Waals surface area contributed by atoms with Gasteiger partial charge in [-0.15, -0.1) is 0 Å². The van der Waals surface area contributed by atoms with Crippen LogP contribution >= 0.6 is 0 Å². The number of rotatable bonds is 9. The normalized spacial score (nSPS) is 24.3. The fourth-order valence-corrected chi connectivity index (χ4v) is 5.50. The summed E-state index contributed by atoms with van der Waals surface area (Å²) in [6.07, 6.45) is 18.2. The molecule has 1 amide bonds. The van der Waals surface area contributed by atoms with Crippen LogP contribution < -0.4 is 5.32 Å². The number of aromatic nitrogens is 3. The fourth-order valence-electron chi connectivity index (χ4n) is 5.50. The summed E-state index contributed by atoms with van der Waals surface area (Å²) in [5, 5.41) is 7.55. The van der Waals surface area contributed by atoms with Gasteiger partial charge in [-0.2, -0.15) is 5.10 Å². The van der Waals surface area contributed by atoms with E-state index in [-0.39, 0.29) is 11.9 Å². The van der Waals surface area contributed by atoms with E-state index in [9.17, 15) is 4.79 Å². The molecule has 0 bridgehead atoms. The number of likely N-dealkylation sites (tertiary alicyclic amines) is 1. The van der Waals surface area contributed by atoms with Crippen LogP contribution in [-0.4, -0.2) is 51.2 Å². The molecular weight excluding hydrogens is 398 g/mol. The van der Waals surface area contributed by atoms with Gasteiger partial charge in [0.05, 0.1) is 5.56 Å². The maximum Gasteiger partial charge on any atom is 0.253 e. The first-order valence-corrected chi connectivity index (χ1v) is 12.7. The Kier molecular flexibility index (Phi) is 8.32. The van der Waals surface area contributed by atoms with E-state index < -0.39 is 0 Å². The lowest BCUT2D eigenvalue weighted by Crippen LogP contribution is -2.48. The molecule has 1 saturated carbocycles. The third kappa shape index (κ3) is 6.18. The summed E-state index contributed by atoms with van der Waals surface area (Å²) in [4.78, 5) is 20.1. The number of carbonyl (C=O) groups excluding carboxylic acids is 1. The maximum atomic E-state index is 13.0. The van der Waals surface area contributed by atoms with Crippen LogP contribution in [0, 0.1) is 11.8 Å². The second-order valence-electron chi connectivity index (χ2n) is 9.74. The summed E-state index contributed by atoms with van der Waals surface area (Å²) in [6, 6.07) is 5.83. The number of nitrogens with zero attached hydrogens (tertiary/aromatic N) is 4. The average molecular weight is 438 g/mol. The topological polar surface area (TPSA) is 63.1 Å². The first kappa shape index (κ1) is 23.0. The van der Waals surface area contributed by atoms with E-state index in [2.05, 4.69) is 27.2 Å². The van der Waals surface area contributed by atoms with Crippen LogP contribution in [0.1, 0.15) is 81.5 Å². The first-order valence-electron chi connectivity index (χ1n) is 12.7. The first-order chi connectivity index (χ1) is 15.7. The van der Waals surface area contributed by atoms with Crippen molar-refractivity contribution in [2.45, 2.75) is 77.2 Å². The van der Waals surface area contributed by atoms with Gasteiger partial charge in [0.15, 0.2) is 5.82 Å². The molecule has 1 N–H and O–H groups in total. The Hall–Kier alpha value is -2.21. The van der Waals surface area contributed by atoms with Crippen molar-refractivity contribution in [1.82, 2.24) is 25.0 Å². The summed E-state index contributed by atoms with van der Waals surface area (Å²) in [5.74, 6) is 2.14. The van der Waals surface area contributed by atoms with Gasteiger partial charge >= 0.3 is 0 Å². The summed E-state index contributed by atoms with van der Waals surface area (Å²) in [5.41, 5.74) is 0.624. The van der Waals surface area contributed by atoms with Crippen molar-refractivity contribution in [3.63, 3.8) is 0 Å². The standard InChI is InChI=1S/C26H39N5O/c1-2-3-4-9-21-10-7-16-30(19-21)20-23-11-5-6-12-24(23)29-26(32)22-13-14-25(27-18-22)31-17-8-15-28-31/h8,13-15,17-18,21,23-24H,2-7,9-12,16,19-20H2,1H3,(H,29,32). The molecule has 2 aliphatic rings. The van der Waals surface area contributed by atoms with E-state index in [1.807, 2.05) is 24.4 Å². The van der Waals surface area contributed by atoms with Crippen LogP contribution in [0.2, 0.25) is 0 Å². The Balaban J connectivity index is 1.31. The zero-order chi connectivity index (χ0) is 22.2. The van der Waals surface area contributed by atoms with Crippen LogP contribution in [0.25, 0.3) is 5.82 Å². The molecule has 1 aliphatic carbocycles. The van der Waals surface area contributed by atoms with Crippen molar-refractivity contribution in [3.05, 3.63) is 42.4 Å². The Morgan fingerprint density at radius 3 is 2.84 bits per heavy atom. The van der Waals surface area contributed by atoms with Gasteiger partial charge in [0.2, 0.25) is 0 Å². The highest BCUT2D eigenvalue weighted by molar-refractivity contribution is 5.94. The number of piperidine rings is 1. The van der Waals surface area contributed by atoms with Crippen molar-refractivity contribution in [2.24, 2.45) is 11.8 Å². The van der Waals surface area contributed by atoms with Crippen LogP contribution in [0.15, 0.2) is 36.8 Å². The van der Waals surface area contributed by atoms with Crippen molar-refractivity contribution in [3.8, 4) is 5.82 Å². The summed E-state index contributed by atoms with van der Waals surface area (Å²) >= 11 is 0. The summed E-state index contributed by atoms with van der Waals surface area (Å²) in [6.45, 7) is 5.89. The van der Waals surface area contributed by atoms with Crippen molar-refractivity contribution < 1.29 is 4.79 Å². The number of hydrogen-bond acceptors (Lipinski definition) is 4. The second kappa shape index (κ2) is 11.6. The minimum absolute atomic E-state index is 0.00231. The molecule has 0 radical (unpaired) electrons. The highest BCUT2D eigenvalue weighted by Crippen LogP contribution is 2.28. The van der Waals surface area contributed by atoms with Crippen LogP contribution in [0.5, 0.6) is 0 Å². The molecule has 0 spiro atoms. The number of carbonyl (C=O) groups is 1. The van der Waals surface area contributed by atoms with Crippen LogP contribution in [-0.2, 0) is 0 Å². The third-order valence-corrected chi connectivity index (χ3v) is 7.29. The van der Waals surface area contributed by atoms with E-state index in [1.54, 1.807) is 17.1 Å². The maximum absolute atomic E-state index is 13.0. The summed E-state index contributed by atoms with van der Waals surface area (Å²) in [7, 11) is 0. The van der Waals surface area contributed by atoms with E-state index in [0.29, 0.717) is 11.5 Å². The minimum Gasteiger partial charge on any atom is -0.349 e. The van der Waals surface area contributed by atoms with Crippen molar-refractivity contribution in [1.29, 1.82) is 0 Å². The van der Waals surface area contributed by atoms with Gasteiger partial charge in [-0.1, -0.05) is 39.0 Å². The molecule has 6 heteroatoms. The number of pyridine rings is 1. The molecule has 2 fully saturated rings. The Morgan fingerprint density at radius 2 is 2.06 bits per heavy atom. The van der Waals surface area contributed by atoms with E-state index in [4.69, 9.17) is 0 Å². The Bertz CT molecular complexity index is 819. The number of unbranched alkanes of at least 4 members (excludes halogenated alkanes) is 2. The molecule has 0 aromatic carbocycles. The zero-order valence-corrected chi connectivity index (χ0v) is 19.6. The molecule has 1 aliphatic heterocycles. The molecule has 2 aromatic rings. The van der Waals surface area contributed by atoms with Crippen LogP contribution in [0.4, 0.5) is 0 Å². The molecule has 3 heterocycles. The highest BCUT2D eigenvalue weighted by atomic mass is 16.1. The third-order valence-electron chi connectivity index (χ3n) is 7.29. The summed E-state index contributed by atoms with van der Waals surface area (Å²) < 4.78 is 1.70. The molecule has 2 aromatic heterocycles. The molecule has 1 saturated heterocycles. The van der Waals surface area contributed by atoms with Gasteiger partial charge in [-0.3, -0.25) is 4.79 Å². The van der Waals surface area contributed by atoms with Gasteiger partial charge in [-0.05, 0) is 68.7 Å². The molecule has 32 heavy (non-hydrogen) atoms. The highest BCUT2D eigenvalue weighted by Gasteiger charge is 2.30. The van der Waals surface area contributed by atoms with Crippen LogP contribution in [0.3, 0.4) is 0 Å². The molecule has 3 unspecified atom stereocenters. The second-order valence-corrected chi connectivity index (χ2v) is 9.74. The predicted octanol–water partition coefficient (Wildman–Crippen LogP) is 4.85. The molecule has 174 valence electrons. The van der Waals surface area contributed by atoms with E-state index in [0.717, 1.165) is 24.7 Å². The van der Waals surface area contributed by atoms with Gasteiger partial charge < -0.3 is 10.2 Å². The lowest BCUT2D eigenvalue weighted by atomic mass is 9.83. The van der Waals surface area contributed by atoms with E-state index in [1.165, 1.54) is 70.9 Å². The quantitative estimate of drug-likeness (QED) is 0.570. The number of hydrogen-bond donors (Lipinski definition) is 1.